The third kappa shape index (κ3) is 5.08. The minimum absolute atomic E-state index is 0.0571. The molecule has 1 N–H and O–H groups in total. The lowest BCUT2D eigenvalue weighted by molar-refractivity contribution is -0.149. The second-order valence-corrected chi connectivity index (χ2v) is 7.12. The fourth-order valence-corrected chi connectivity index (χ4v) is 3.22. The van der Waals surface area contributed by atoms with Gasteiger partial charge in [-0.25, -0.2) is 4.98 Å². The molecule has 2 heterocycles. The third-order valence-electron chi connectivity index (χ3n) is 4.88. The zero-order chi connectivity index (χ0) is 17.6. The molecule has 3 rings (SSSR count). The van der Waals surface area contributed by atoms with Crippen LogP contribution < -0.4 is 10.2 Å². The van der Waals surface area contributed by atoms with Crippen LogP contribution >= 0.6 is 11.6 Å². The molecule has 0 bridgehead atoms. The van der Waals surface area contributed by atoms with Crippen LogP contribution in [0.5, 0.6) is 0 Å². The van der Waals surface area contributed by atoms with Crippen LogP contribution in [0.15, 0.2) is 18.3 Å². The number of rotatable bonds is 6. The smallest absolute Gasteiger partial charge is 0.307 e. The second-order valence-electron chi connectivity index (χ2n) is 6.68. The number of nitrogens with zero attached hydrogens (tertiary/aromatic N) is 2. The van der Waals surface area contributed by atoms with Gasteiger partial charge in [-0.2, -0.15) is 0 Å². The molecule has 0 atom stereocenters. The summed E-state index contributed by atoms with van der Waals surface area (Å²) in [4.78, 5) is 30.1. The Kier molecular flexibility index (Phi) is 6.13. The van der Waals surface area contributed by atoms with E-state index in [9.17, 15) is 9.59 Å². The van der Waals surface area contributed by atoms with E-state index in [-0.39, 0.29) is 30.3 Å². The van der Waals surface area contributed by atoms with Crippen LogP contribution in [-0.4, -0.2) is 42.6 Å². The Morgan fingerprint density at radius 3 is 2.60 bits per heavy atom. The molecule has 1 aliphatic carbocycles. The first-order valence-corrected chi connectivity index (χ1v) is 9.33. The van der Waals surface area contributed by atoms with Crippen molar-refractivity contribution in [1.82, 2.24) is 10.3 Å². The van der Waals surface area contributed by atoms with Gasteiger partial charge in [0, 0.05) is 44.6 Å². The Labute approximate surface area is 152 Å². The molecule has 2 fully saturated rings. The number of carbonyl (C=O) groups is 2. The van der Waals surface area contributed by atoms with Crippen molar-refractivity contribution in [3.8, 4) is 0 Å². The van der Waals surface area contributed by atoms with E-state index in [2.05, 4.69) is 15.2 Å². The number of esters is 1. The molecule has 7 heteroatoms. The highest BCUT2D eigenvalue weighted by Crippen LogP contribution is 2.26. The van der Waals surface area contributed by atoms with Crippen molar-refractivity contribution in [1.29, 1.82) is 0 Å². The van der Waals surface area contributed by atoms with E-state index in [0.717, 1.165) is 51.0 Å². The van der Waals surface area contributed by atoms with Gasteiger partial charge in [0.2, 0.25) is 5.91 Å². The van der Waals surface area contributed by atoms with E-state index in [0.29, 0.717) is 11.6 Å². The van der Waals surface area contributed by atoms with E-state index >= 15 is 0 Å². The standard InChI is InChI=1S/C18H24ClN3O3/c19-14-4-5-16(21-12-14)22-10-7-15(8-11-22)25-17(23)6-9-20-18(24)13-2-1-3-13/h4-5,12-13,15H,1-3,6-11H2,(H,20,24). The van der Waals surface area contributed by atoms with Gasteiger partial charge in [0.05, 0.1) is 11.4 Å². The normalized spacial score (nSPS) is 18.5. The van der Waals surface area contributed by atoms with Crippen LogP contribution in [0.4, 0.5) is 5.82 Å². The van der Waals surface area contributed by atoms with Gasteiger partial charge >= 0.3 is 5.97 Å². The van der Waals surface area contributed by atoms with Gasteiger partial charge in [0.1, 0.15) is 11.9 Å². The highest BCUT2D eigenvalue weighted by Gasteiger charge is 2.25. The largest absolute Gasteiger partial charge is 0.462 e. The summed E-state index contributed by atoms with van der Waals surface area (Å²) in [7, 11) is 0. The van der Waals surface area contributed by atoms with Crippen LogP contribution in [0, 0.1) is 5.92 Å². The van der Waals surface area contributed by atoms with Gasteiger partial charge < -0.3 is 15.0 Å². The summed E-state index contributed by atoms with van der Waals surface area (Å²) < 4.78 is 5.52. The lowest BCUT2D eigenvalue weighted by atomic mass is 9.85. The van der Waals surface area contributed by atoms with Crippen LogP contribution in [0.1, 0.15) is 38.5 Å². The minimum atomic E-state index is -0.239. The number of piperidine rings is 1. The molecule has 0 radical (unpaired) electrons. The van der Waals surface area contributed by atoms with Crippen molar-refractivity contribution in [3.05, 3.63) is 23.4 Å². The van der Waals surface area contributed by atoms with Crippen molar-refractivity contribution in [2.24, 2.45) is 5.92 Å². The molecule has 1 aromatic rings. The Hall–Kier alpha value is -1.82. The highest BCUT2D eigenvalue weighted by atomic mass is 35.5. The number of carbonyl (C=O) groups excluding carboxylic acids is 2. The summed E-state index contributed by atoms with van der Waals surface area (Å²) in [5, 5.41) is 3.44. The molecule has 25 heavy (non-hydrogen) atoms. The van der Waals surface area contributed by atoms with Crippen molar-refractivity contribution >= 4 is 29.3 Å². The summed E-state index contributed by atoms with van der Waals surface area (Å²) in [6.45, 7) is 1.96. The van der Waals surface area contributed by atoms with Crippen molar-refractivity contribution < 1.29 is 14.3 Å². The summed E-state index contributed by atoms with van der Waals surface area (Å²) in [5.74, 6) is 0.884. The molecular formula is C18H24ClN3O3. The number of aromatic nitrogens is 1. The fourth-order valence-electron chi connectivity index (χ4n) is 3.11. The molecule has 1 aromatic heterocycles. The molecule has 1 amide bonds. The van der Waals surface area contributed by atoms with Crippen LogP contribution in [-0.2, 0) is 14.3 Å². The van der Waals surface area contributed by atoms with Gasteiger partial charge in [-0.3, -0.25) is 9.59 Å². The summed E-state index contributed by atoms with van der Waals surface area (Å²) >= 11 is 5.86. The fraction of sp³-hybridized carbons (Fsp3) is 0.611. The Balaban J connectivity index is 1.33. The summed E-state index contributed by atoms with van der Waals surface area (Å²) in [5.41, 5.74) is 0. The molecule has 0 unspecified atom stereocenters. The van der Waals surface area contributed by atoms with Crippen LogP contribution in [0.25, 0.3) is 0 Å². The monoisotopic (exact) mass is 365 g/mol. The second kappa shape index (κ2) is 8.52. The molecule has 136 valence electrons. The van der Waals surface area contributed by atoms with Crippen LogP contribution in [0.2, 0.25) is 5.02 Å². The number of hydrogen-bond acceptors (Lipinski definition) is 5. The Morgan fingerprint density at radius 2 is 2.00 bits per heavy atom. The highest BCUT2D eigenvalue weighted by molar-refractivity contribution is 6.30. The predicted molar refractivity (Wildman–Crippen MR) is 95.5 cm³/mol. The number of pyridine rings is 1. The Morgan fingerprint density at radius 1 is 1.24 bits per heavy atom. The van der Waals surface area contributed by atoms with Crippen molar-refractivity contribution in [3.63, 3.8) is 0 Å². The molecular weight excluding hydrogens is 342 g/mol. The molecule has 6 nitrogen and oxygen atoms in total. The van der Waals surface area contributed by atoms with E-state index < -0.39 is 0 Å². The van der Waals surface area contributed by atoms with E-state index in [1.807, 2.05) is 12.1 Å². The number of nitrogens with one attached hydrogen (secondary N) is 1. The zero-order valence-electron chi connectivity index (χ0n) is 14.2. The average molecular weight is 366 g/mol. The van der Waals surface area contributed by atoms with Crippen molar-refractivity contribution in [2.75, 3.05) is 24.5 Å². The molecule has 1 aliphatic heterocycles. The third-order valence-corrected chi connectivity index (χ3v) is 5.10. The van der Waals surface area contributed by atoms with Gasteiger partial charge in [-0.15, -0.1) is 0 Å². The molecule has 0 aromatic carbocycles. The first-order chi connectivity index (χ1) is 12.1. The van der Waals surface area contributed by atoms with Gasteiger partial charge in [0.25, 0.3) is 0 Å². The van der Waals surface area contributed by atoms with Crippen molar-refractivity contribution in [2.45, 2.75) is 44.6 Å². The molecule has 1 saturated heterocycles. The topological polar surface area (TPSA) is 71.5 Å². The first-order valence-electron chi connectivity index (χ1n) is 8.95. The number of ether oxygens (including phenoxy) is 1. The average Bonchev–Trinajstić information content (AvgIpc) is 2.55. The maximum atomic E-state index is 11.9. The maximum Gasteiger partial charge on any atom is 0.307 e. The summed E-state index contributed by atoms with van der Waals surface area (Å²) in [6, 6.07) is 3.73. The quantitative estimate of drug-likeness (QED) is 0.784. The van der Waals surface area contributed by atoms with E-state index in [1.54, 1.807) is 6.20 Å². The lowest BCUT2D eigenvalue weighted by Crippen LogP contribution is -2.39. The van der Waals surface area contributed by atoms with Gasteiger partial charge in [-0.1, -0.05) is 18.0 Å². The maximum absolute atomic E-state index is 11.9. The first kappa shape index (κ1) is 18.0. The minimum Gasteiger partial charge on any atom is -0.462 e. The van der Waals surface area contributed by atoms with E-state index in [1.165, 1.54) is 0 Å². The van der Waals surface area contributed by atoms with Gasteiger partial charge in [-0.05, 0) is 25.0 Å². The zero-order valence-corrected chi connectivity index (χ0v) is 15.0. The van der Waals surface area contributed by atoms with Gasteiger partial charge in [0.15, 0.2) is 0 Å². The van der Waals surface area contributed by atoms with E-state index in [4.69, 9.17) is 16.3 Å². The Bertz CT molecular complexity index is 596. The molecule has 1 saturated carbocycles. The molecule has 2 aliphatic rings. The SMILES string of the molecule is O=C(CCNC(=O)C1CCC1)OC1CCN(c2ccc(Cl)cn2)CC1. The predicted octanol–water partition coefficient (Wildman–Crippen LogP) is 2.55. The lowest BCUT2D eigenvalue weighted by Gasteiger charge is -2.32. The number of hydrogen-bond donors (Lipinski definition) is 1. The van der Waals surface area contributed by atoms with Crippen LogP contribution in [0.3, 0.4) is 0 Å². The molecule has 0 spiro atoms. The number of halogens is 1. The summed E-state index contributed by atoms with van der Waals surface area (Å²) in [6.07, 6.45) is 6.45. The number of amides is 1. The number of anilines is 1.